The van der Waals surface area contributed by atoms with Gasteiger partial charge in [0.2, 0.25) is 0 Å². The quantitative estimate of drug-likeness (QED) is 0.848. The molecule has 2 N–H and O–H groups in total. The maximum Gasteiger partial charge on any atom is 0.161 e. The topological polar surface area (TPSA) is 58.9 Å². The number of aliphatic hydroxyl groups is 2. The highest BCUT2D eigenvalue weighted by Gasteiger charge is 2.06. The fraction of sp³-hybridized carbons (Fsp3) is 0.250. The van der Waals surface area contributed by atoms with Crippen LogP contribution in [0.25, 0.3) is 0 Å². The molecule has 4 nitrogen and oxygen atoms in total. The molecule has 0 saturated heterocycles. The summed E-state index contributed by atoms with van der Waals surface area (Å²) in [7, 11) is 1.57. The number of ether oxygens (including phenoxy) is 2. The largest absolute Gasteiger partial charge is 0.493 e. The highest BCUT2D eigenvalue weighted by molar-refractivity contribution is 5.43. The Morgan fingerprint density at radius 3 is 2.00 bits per heavy atom. The third-order valence-corrected chi connectivity index (χ3v) is 3.01. The molecule has 2 rings (SSSR count). The van der Waals surface area contributed by atoms with Crippen molar-refractivity contribution in [2.24, 2.45) is 0 Å². The molecule has 0 spiro atoms. The van der Waals surface area contributed by atoms with Gasteiger partial charge in [-0.05, 0) is 28.8 Å². The van der Waals surface area contributed by atoms with Gasteiger partial charge in [-0.15, -0.1) is 0 Å². The van der Waals surface area contributed by atoms with Gasteiger partial charge in [0, 0.05) is 0 Å². The molecule has 0 aromatic heterocycles. The molecule has 106 valence electrons. The molecule has 20 heavy (non-hydrogen) atoms. The van der Waals surface area contributed by atoms with Crippen molar-refractivity contribution in [2.75, 3.05) is 7.11 Å². The van der Waals surface area contributed by atoms with Crippen molar-refractivity contribution in [3.05, 3.63) is 59.2 Å². The zero-order chi connectivity index (χ0) is 14.4. The Morgan fingerprint density at radius 2 is 1.40 bits per heavy atom. The Kier molecular flexibility index (Phi) is 4.98. The molecule has 0 aliphatic carbocycles. The molecule has 2 aromatic rings. The van der Waals surface area contributed by atoms with E-state index in [1.165, 1.54) is 0 Å². The van der Waals surface area contributed by atoms with E-state index in [1.54, 1.807) is 25.3 Å². The number of hydrogen-bond acceptors (Lipinski definition) is 4. The average Bonchev–Trinajstić information content (AvgIpc) is 2.53. The lowest BCUT2D eigenvalue weighted by atomic mass is 10.1. The third-order valence-electron chi connectivity index (χ3n) is 3.01. The number of hydrogen-bond donors (Lipinski definition) is 2. The SMILES string of the molecule is COc1cc(CO)ccc1OCc1ccc(CO)cc1. The molecule has 0 amide bonds. The Hall–Kier alpha value is -2.04. The summed E-state index contributed by atoms with van der Waals surface area (Å²) in [4.78, 5) is 0. The van der Waals surface area contributed by atoms with Crippen LogP contribution in [0.5, 0.6) is 11.5 Å². The summed E-state index contributed by atoms with van der Waals surface area (Å²) in [6, 6.07) is 12.9. The van der Waals surface area contributed by atoms with E-state index in [4.69, 9.17) is 19.7 Å². The summed E-state index contributed by atoms with van der Waals surface area (Å²) in [5.74, 6) is 1.24. The van der Waals surface area contributed by atoms with Crippen LogP contribution in [-0.4, -0.2) is 17.3 Å². The second-order valence-corrected chi connectivity index (χ2v) is 4.41. The number of aliphatic hydroxyl groups excluding tert-OH is 2. The van der Waals surface area contributed by atoms with Gasteiger partial charge >= 0.3 is 0 Å². The van der Waals surface area contributed by atoms with Crippen molar-refractivity contribution in [1.82, 2.24) is 0 Å². The van der Waals surface area contributed by atoms with E-state index < -0.39 is 0 Å². The van der Waals surface area contributed by atoms with Gasteiger partial charge in [-0.3, -0.25) is 0 Å². The lowest BCUT2D eigenvalue weighted by molar-refractivity contribution is 0.273. The Balaban J connectivity index is 2.05. The fourth-order valence-corrected chi connectivity index (χ4v) is 1.83. The standard InChI is InChI=1S/C16H18O4/c1-19-16-8-14(10-18)6-7-15(16)20-11-13-4-2-12(9-17)3-5-13/h2-8,17-18H,9-11H2,1H3. The Morgan fingerprint density at radius 1 is 0.800 bits per heavy atom. The van der Waals surface area contributed by atoms with E-state index in [0.29, 0.717) is 18.1 Å². The van der Waals surface area contributed by atoms with Gasteiger partial charge < -0.3 is 19.7 Å². The molecule has 2 aromatic carbocycles. The van der Waals surface area contributed by atoms with Crippen molar-refractivity contribution >= 4 is 0 Å². The monoisotopic (exact) mass is 274 g/mol. The van der Waals surface area contributed by atoms with E-state index in [-0.39, 0.29) is 13.2 Å². The first-order valence-corrected chi connectivity index (χ1v) is 6.36. The molecule has 0 saturated carbocycles. The zero-order valence-electron chi connectivity index (χ0n) is 11.4. The lowest BCUT2D eigenvalue weighted by Crippen LogP contribution is -1.99. The third kappa shape index (κ3) is 3.50. The summed E-state index contributed by atoms with van der Waals surface area (Å²) in [6.07, 6.45) is 0. The predicted octanol–water partition coefficient (Wildman–Crippen LogP) is 2.26. The summed E-state index contributed by atoms with van der Waals surface area (Å²) in [6.45, 7) is 0.428. The number of rotatable bonds is 6. The lowest BCUT2D eigenvalue weighted by Gasteiger charge is -2.12. The highest BCUT2D eigenvalue weighted by atomic mass is 16.5. The predicted molar refractivity (Wildman–Crippen MR) is 75.6 cm³/mol. The molecule has 0 atom stereocenters. The van der Waals surface area contributed by atoms with Crippen LogP contribution in [0.1, 0.15) is 16.7 Å². The minimum absolute atomic E-state index is 0.0285. The summed E-state index contributed by atoms with van der Waals surface area (Å²) in [5.41, 5.74) is 2.66. The molecular weight excluding hydrogens is 256 g/mol. The van der Waals surface area contributed by atoms with Crippen molar-refractivity contribution in [2.45, 2.75) is 19.8 Å². The maximum atomic E-state index is 9.09. The summed E-state index contributed by atoms with van der Waals surface area (Å²) >= 11 is 0. The van der Waals surface area contributed by atoms with E-state index in [2.05, 4.69) is 0 Å². The van der Waals surface area contributed by atoms with Gasteiger partial charge in [-0.25, -0.2) is 0 Å². The maximum absolute atomic E-state index is 9.09. The fourth-order valence-electron chi connectivity index (χ4n) is 1.83. The van der Waals surface area contributed by atoms with Crippen LogP contribution >= 0.6 is 0 Å². The van der Waals surface area contributed by atoms with Gasteiger partial charge in [-0.1, -0.05) is 30.3 Å². The van der Waals surface area contributed by atoms with Crippen LogP contribution in [0.4, 0.5) is 0 Å². The second-order valence-electron chi connectivity index (χ2n) is 4.41. The van der Waals surface area contributed by atoms with Crippen LogP contribution < -0.4 is 9.47 Å². The number of benzene rings is 2. The van der Waals surface area contributed by atoms with E-state index in [0.717, 1.165) is 16.7 Å². The van der Waals surface area contributed by atoms with Gasteiger partial charge in [-0.2, -0.15) is 0 Å². The molecule has 0 aliphatic rings. The first kappa shape index (κ1) is 14.4. The molecule has 0 aliphatic heterocycles. The zero-order valence-corrected chi connectivity index (χ0v) is 11.4. The van der Waals surface area contributed by atoms with Crippen LogP contribution in [0.3, 0.4) is 0 Å². The molecule has 0 bridgehead atoms. The van der Waals surface area contributed by atoms with Crippen molar-refractivity contribution in [3.8, 4) is 11.5 Å². The molecule has 0 fully saturated rings. The summed E-state index contributed by atoms with van der Waals surface area (Å²) in [5, 5.41) is 18.1. The van der Waals surface area contributed by atoms with Crippen LogP contribution in [0, 0.1) is 0 Å². The Labute approximate surface area is 118 Å². The van der Waals surface area contributed by atoms with Crippen LogP contribution in [0.15, 0.2) is 42.5 Å². The van der Waals surface area contributed by atoms with Gasteiger partial charge in [0.05, 0.1) is 20.3 Å². The van der Waals surface area contributed by atoms with Gasteiger partial charge in [0.25, 0.3) is 0 Å². The second kappa shape index (κ2) is 6.93. The van der Waals surface area contributed by atoms with E-state index in [1.807, 2.05) is 24.3 Å². The molecule has 0 unspecified atom stereocenters. The Bertz CT molecular complexity index is 549. The molecule has 0 heterocycles. The molecule has 4 heteroatoms. The van der Waals surface area contributed by atoms with Crippen molar-refractivity contribution in [1.29, 1.82) is 0 Å². The summed E-state index contributed by atoms with van der Waals surface area (Å²) < 4.78 is 11.0. The van der Waals surface area contributed by atoms with Gasteiger partial charge in [0.1, 0.15) is 6.61 Å². The normalized spacial score (nSPS) is 10.3. The van der Waals surface area contributed by atoms with Crippen molar-refractivity contribution in [3.63, 3.8) is 0 Å². The molecule has 0 radical (unpaired) electrons. The van der Waals surface area contributed by atoms with Crippen LogP contribution in [0.2, 0.25) is 0 Å². The van der Waals surface area contributed by atoms with E-state index in [9.17, 15) is 0 Å². The minimum Gasteiger partial charge on any atom is -0.493 e. The molecular formula is C16H18O4. The highest BCUT2D eigenvalue weighted by Crippen LogP contribution is 2.28. The van der Waals surface area contributed by atoms with Crippen molar-refractivity contribution < 1.29 is 19.7 Å². The average molecular weight is 274 g/mol. The van der Waals surface area contributed by atoms with Gasteiger partial charge in [0.15, 0.2) is 11.5 Å². The van der Waals surface area contributed by atoms with Crippen LogP contribution in [-0.2, 0) is 19.8 Å². The number of methoxy groups -OCH3 is 1. The minimum atomic E-state index is -0.0285. The smallest absolute Gasteiger partial charge is 0.161 e. The first-order chi connectivity index (χ1) is 9.76. The van der Waals surface area contributed by atoms with E-state index >= 15 is 0 Å². The first-order valence-electron chi connectivity index (χ1n) is 6.36.